The van der Waals surface area contributed by atoms with Crippen LogP contribution in [0, 0.1) is 12.8 Å². The number of hydrogen-bond acceptors (Lipinski definition) is 2. The molecule has 2 heteroatoms. The molecule has 3 rings (SSSR count). The molecule has 16 heavy (non-hydrogen) atoms. The van der Waals surface area contributed by atoms with Crippen LogP contribution >= 0.6 is 0 Å². The highest BCUT2D eigenvalue weighted by Crippen LogP contribution is 2.32. The maximum absolute atomic E-state index is 4.80. The van der Waals surface area contributed by atoms with Crippen molar-refractivity contribution >= 4 is 11.4 Å². The highest BCUT2D eigenvalue weighted by atomic mass is 15.0. The molecule has 0 amide bonds. The lowest BCUT2D eigenvalue weighted by Crippen LogP contribution is -2.34. The monoisotopic (exact) mass is 214 g/mol. The first kappa shape index (κ1) is 10.0. The van der Waals surface area contributed by atoms with E-state index in [9.17, 15) is 0 Å². The highest BCUT2D eigenvalue weighted by molar-refractivity contribution is 5.98. The van der Waals surface area contributed by atoms with Crippen LogP contribution in [0.1, 0.15) is 24.5 Å². The van der Waals surface area contributed by atoms with E-state index in [0.717, 1.165) is 18.9 Å². The third-order valence-corrected chi connectivity index (χ3v) is 3.90. The second-order valence-corrected chi connectivity index (χ2v) is 5.05. The van der Waals surface area contributed by atoms with Crippen molar-refractivity contribution in [1.82, 2.24) is 5.32 Å². The van der Waals surface area contributed by atoms with Gasteiger partial charge in [0.25, 0.3) is 0 Å². The lowest BCUT2D eigenvalue weighted by Gasteiger charge is -2.15. The molecule has 0 unspecified atom stereocenters. The van der Waals surface area contributed by atoms with Crippen molar-refractivity contribution in [3.05, 3.63) is 29.3 Å². The fourth-order valence-corrected chi connectivity index (χ4v) is 2.86. The molecule has 1 aromatic rings. The Balaban J connectivity index is 1.91. The summed E-state index contributed by atoms with van der Waals surface area (Å²) in [5.74, 6) is 0.730. The quantitative estimate of drug-likeness (QED) is 0.763. The Bertz CT molecular complexity index is 448. The molecule has 2 aliphatic rings. The van der Waals surface area contributed by atoms with E-state index in [0.29, 0.717) is 6.04 Å². The molecular weight excluding hydrogens is 196 g/mol. The Kier molecular flexibility index (Phi) is 2.32. The first-order chi connectivity index (χ1) is 7.75. The van der Waals surface area contributed by atoms with Gasteiger partial charge in [0.1, 0.15) is 0 Å². The first-order valence-electron chi connectivity index (χ1n) is 6.15. The van der Waals surface area contributed by atoms with E-state index in [2.05, 4.69) is 37.4 Å². The maximum Gasteiger partial charge on any atom is 0.0668 e. The number of aryl methyl sites for hydroxylation is 1. The summed E-state index contributed by atoms with van der Waals surface area (Å²) < 4.78 is 0. The van der Waals surface area contributed by atoms with Gasteiger partial charge in [0, 0.05) is 18.2 Å². The smallest absolute Gasteiger partial charge is 0.0668 e. The third kappa shape index (κ3) is 1.49. The van der Waals surface area contributed by atoms with E-state index < -0.39 is 0 Å². The number of nitrogens with zero attached hydrogens (tertiary/aromatic N) is 1. The molecule has 1 saturated heterocycles. The van der Waals surface area contributed by atoms with E-state index in [1.807, 2.05) is 0 Å². The van der Waals surface area contributed by atoms with Gasteiger partial charge < -0.3 is 5.32 Å². The van der Waals surface area contributed by atoms with Crippen LogP contribution in [0.2, 0.25) is 0 Å². The topological polar surface area (TPSA) is 24.4 Å². The van der Waals surface area contributed by atoms with E-state index in [1.165, 1.54) is 28.9 Å². The average molecular weight is 214 g/mol. The molecule has 84 valence electrons. The van der Waals surface area contributed by atoms with Crippen molar-refractivity contribution in [2.75, 3.05) is 6.54 Å². The predicted octanol–water partition coefficient (Wildman–Crippen LogP) is 2.62. The van der Waals surface area contributed by atoms with Gasteiger partial charge in [-0.25, -0.2) is 0 Å². The molecule has 0 aromatic heterocycles. The predicted molar refractivity (Wildman–Crippen MR) is 67.5 cm³/mol. The number of fused-ring (bicyclic) bond motifs is 1. The fourth-order valence-electron chi connectivity index (χ4n) is 2.86. The summed E-state index contributed by atoms with van der Waals surface area (Å²) in [5, 5.41) is 3.57. The Labute approximate surface area is 96.8 Å². The number of hydrogen-bond donors (Lipinski definition) is 1. The summed E-state index contributed by atoms with van der Waals surface area (Å²) in [5.41, 5.74) is 5.34. The molecule has 2 aliphatic heterocycles. The number of nitrogens with one attached hydrogen (secondary N) is 1. The minimum Gasteiger partial charge on any atom is -0.309 e. The Morgan fingerprint density at radius 1 is 1.38 bits per heavy atom. The SMILES string of the molecule is Cc1cccc2c1CC([C@H]1NCC[C@@H]1C)=N2. The van der Waals surface area contributed by atoms with Crippen LogP contribution < -0.4 is 5.32 Å². The van der Waals surface area contributed by atoms with Crippen LogP contribution in [-0.2, 0) is 6.42 Å². The van der Waals surface area contributed by atoms with Gasteiger partial charge in [0.05, 0.1) is 5.69 Å². The van der Waals surface area contributed by atoms with Gasteiger partial charge in [-0.2, -0.15) is 0 Å². The second-order valence-electron chi connectivity index (χ2n) is 5.05. The van der Waals surface area contributed by atoms with Gasteiger partial charge in [-0.3, -0.25) is 4.99 Å². The molecule has 0 spiro atoms. The summed E-state index contributed by atoms with van der Waals surface area (Å²) in [6, 6.07) is 6.93. The lowest BCUT2D eigenvalue weighted by molar-refractivity contribution is 0.583. The van der Waals surface area contributed by atoms with Gasteiger partial charge >= 0.3 is 0 Å². The van der Waals surface area contributed by atoms with Crippen LogP contribution in [-0.4, -0.2) is 18.3 Å². The zero-order chi connectivity index (χ0) is 11.1. The van der Waals surface area contributed by atoms with Gasteiger partial charge in [-0.1, -0.05) is 19.1 Å². The zero-order valence-corrected chi connectivity index (χ0v) is 9.96. The van der Waals surface area contributed by atoms with Crippen molar-refractivity contribution in [3.63, 3.8) is 0 Å². The van der Waals surface area contributed by atoms with Crippen LogP contribution in [0.3, 0.4) is 0 Å². The molecule has 2 heterocycles. The largest absolute Gasteiger partial charge is 0.309 e. The van der Waals surface area contributed by atoms with Crippen molar-refractivity contribution in [2.45, 2.75) is 32.7 Å². The van der Waals surface area contributed by atoms with E-state index in [1.54, 1.807) is 0 Å². The van der Waals surface area contributed by atoms with E-state index >= 15 is 0 Å². The number of benzene rings is 1. The molecule has 0 radical (unpaired) electrons. The van der Waals surface area contributed by atoms with Crippen molar-refractivity contribution in [3.8, 4) is 0 Å². The summed E-state index contributed by atoms with van der Waals surface area (Å²) >= 11 is 0. The van der Waals surface area contributed by atoms with Gasteiger partial charge in [-0.15, -0.1) is 0 Å². The number of rotatable bonds is 1. The minimum absolute atomic E-state index is 0.506. The molecule has 0 bridgehead atoms. The third-order valence-electron chi connectivity index (χ3n) is 3.90. The van der Waals surface area contributed by atoms with Crippen molar-refractivity contribution in [2.24, 2.45) is 10.9 Å². The van der Waals surface area contributed by atoms with E-state index in [-0.39, 0.29) is 0 Å². The minimum atomic E-state index is 0.506. The van der Waals surface area contributed by atoms with Crippen LogP contribution in [0.25, 0.3) is 0 Å². The maximum atomic E-state index is 4.80. The second kappa shape index (κ2) is 3.70. The molecule has 1 N–H and O–H groups in total. The van der Waals surface area contributed by atoms with Crippen LogP contribution in [0.15, 0.2) is 23.2 Å². The lowest BCUT2D eigenvalue weighted by atomic mass is 9.95. The first-order valence-corrected chi connectivity index (χ1v) is 6.15. The van der Waals surface area contributed by atoms with Gasteiger partial charge in [0.15, 0.2) is 0 Å². The molecule has 0 aliphatic carbocycles. The van der Waals surface area contributed by atoms with Gasteiger partial charge in [-0.05, 0) is 43.0 Å². The summed E-state index contributed by atoms with van der Waals surface area (Å²) in [6.07, 6.45) is 2.32. The standard InChI is InChI=1S/C14H18N2/c1-9-4-3-5-12-11(9)8-13(16-12)14-10(2)6-7-15-14/h3-5,10,14-15H,6-8H2,1-2H3/t10-,14-/m0/s1. The van der Waals surface area contributed by atoms with Crippen molar-refractivity contribution in [1.29, 1.82) is 0 Å². The summed E-state index contributed by atoms with van der Waals surface area (Å²) in [6.45, 7) is 5.64. The molecular formula is C14H18N2. The molecule has 2 atom stereocenters. The van der Waals surface area contributed by atoms with Crippen molar-refractivity contribution < 1.29 is 0 Å². The van der Waals surface area contributed by atoms with Crippen LogP contribution in [0.4, 0.5) is 5.69 Å². The zero-order valence-electron chi connectivity index (χ0n) is 9.96. The molecule has 2 nitrogen and oxygen atoms in total. The molecule has 1 fully saturated rings. The number of aliphatic imine (C=N–C) groups is 1. The Morgan fingerprint density at radius 2 is 2.25 bits per heavy atom. The fraction of sp³-hybridized carbons (Fsp3) is 0.500. The van der Waals surface area contributed by atoms with Gasteiger partial charge in [0.2, 0.25) is 0 Å². The normalized spacial score (nSPS) is 28.0. The van der Waals surface area contributed by atoms with Crippen LogP contribution in [0.5, 0.6) is 0 Å². The summed E-state index contributed by atoms with van der Waals surface area (Å²) in [7, 11) is 0. The molecule has 1 aromatic carbocycles. The Hall–Kier alpha value is -1.15. The highest BCUT2D eigenvalue weighted by Gasteiger charge is 2.30. The summed E-state index contributed by atoms with van der Waals surface area (Å²) in [4.78, 5) is 4.80. The molecule has 0 saturated carbocycles. The Morgan fingerprint density at radius 3 is 2.94 bits per heavy atom. The van der Waals surface area contributed by atoms with E-state index in [4.69, 9.17) is 4.99 Å². The average Bonchev–Trinajstić information content (AvgIpc) is 2.84.